The van der Waals surface area contributed by atoms with E-state index in [-0.39, 0.29) is 0 Å². The first-order valence-electron chi connectivity index (χ1n) is 9.46. The van der Waals surface area contributed by atoms with E-state index in [1.54, 1.807) is 12.1 Å². The van der Waals surface area contributed by atoms with Crippen LogP contribution in [0.2, 0.25) is 0 Å². The number of phenolic OH excluding ortho intramolecular Hbond substituents is 2. The van der Waals surface area contributed by atoms with E-state index in [9.17, 15) is 10.2 Å². The van der Waals surface area contributed by atoms with Crippen LogP contribution in [-0.2, 0) is 12.8 Å². The fraction of sp³-hybridized carbons (Fsp3) is 0.455. The molecular weight excluding hydrogens is 328 g/mol. The highest BCUT2D eigenvalue weighted by molar-refractivity contribution is 7.99. The maximum Gasteiger partial charge on any atom is 0.129 e. The fourth-order valence-corrected chi connectivity index (χ4v) is 4.16. The number of phenols is 2. The topological polar surface area (TPSA) is 40.5 Å². The minimum atomic E-state index is 0.307. The summed E-state index contributed by atoms with van der Waals surface area (Å²) in [6, 6.07) is 11.5. The molecule has 0 aliphatic rings. The van der Waals surface area contributed by atoms with Crippen molar-refractivity contribution in [3.8, 4) is 11.5 Å². The average Bonchev–Trinajstić information content (AvgIpc) is 2.60. The Labute approximate surface area is 156 Å². The first-order valence-corrected chi connectivity index (χ1v) is 10.3. The lowest BCUT2D eigenvalue weighted by atomic mass is 10.1. The SMILES string of the molecule is CCCCCc1cccc(O)c1Sc1c(O)cccc1CCCCC. The van der Waals surface area contributed by atoms with E-state index >= 15 is 0 Å². The van der Waals surface area contributed by atoms with Gasteiger partial charge in [0.25, 0.3) is 0 Å². The van der Waals surface area contributed by atoms with Crippen LogP contribution in [0.1, 0.15) is 63.5 Å². The Bertz CT molecular complexity index is 610. The number of aromatic hydroxyl groups is 2. The van der Waals surface area contributed by atoms with Gasteiger partial charge >= 0.3 is 0 Å². The summed E-state index contributed by atoms with van der Waals surface area (Å²) in [5, 5.41) is 20.8. The van der Waals surface area contributed by atoms with Gasteiger partial charge in [0.1, 0.15) is 11.5 Å². The summed E-state index contributed by atoms with van der Waals surface area (Å²) >= 11 is 1.51. The number of rotatable bonds is 10. The standard InChI is InChI=1S/C22H30O2S/c1-3-5-7-11-17-13-9-15-19(23)21(17)25-22-18(12-8-6-4-2)14-10-16-20(22)24/h9-10,13-16,23-24H,3-8,11-12H2,1-2H3. The molecular formula is C22H30O2S. The molecule has 0 radical (unpaired) electrons. The molecule has 3 heteroatoms. The Morgan fingerprint density at radius 1 is 0.680 bits per heavy atom. The van der Waals surface area contributed by atoms with Crippen LogP contribution in [0.3, 0.4) is 0 Å². The number of hydrogen-bond acceptors (Lipinski definition) is 3. The molecule has 2 aromatic carbocycles. The van der Waals surface area contributed by atoms with Crippen LogP contribution in [0.25, 0.3) is 0 Å². The molecule has 0 unspecified atom stereocenters. The Balaban J connectivity index is 2.26. The molecule has 0 aliphatic carbocycles. The summed E-state index contributed by atoms with van der Waals surface area (Å²) in [4.78, 5) is 1.77. The minimum Gasteiger partial charge on any atom is -0.507 e. The molecule has 2 N–H and O–H groups in total. The summed E-state index contributed by atoms with van der Waals surface area (Å²) in [5.41, 5.74) is 2.34. The van der Waals surface area contributed by atoms with Crippen LogP contribution < -0.4 is 0 Å². The molecule has 0 aromatic heterocycles. The van der Waals surface area contributed by atoms with Crippen molar-refractivity contribution in [3.63, 3.8) is 0 Å². The summed E-state index contributed by atoms with van der Waals surface area (Å²) in [6.07, 6.45) is 8.92. The van der Waals surface area contributed by atoms with Gasteiger partial charge in [0, 0.05) is 0 Å². The van der Waals surface area contributed by atoms with Gasteiger partial charge in [-0.1, -0.05) is 75.6 Å². The lowest BCUT2D eigenvalue weighted by Crippen LogP contribution is -1.93. The van der Waals surface area contributed by atoms with Crippen LogP contribution in [-0.4, -0.2) is 10.2 Å². The van der Waals surface area contributed by atoms with E-state index in [4.69, 9.17) is 0 Å². The Kier molecular flexibility index (Phi) is 8.20. The Morgan fingerprint density at radius 3 is 1.52 bits per heavy atom. The predicted octanol–water partition coefficient (Wildman–Crippen LogP) is 6.71. The smallest absolute Gasteiger partial charge is 0.129 e. The largest absolute Gasteiger partial charge is 0.507 e. The van der Waals surface area contributed by atoms with Crippen molar-refractivity contribution < 1.29 is 10.2 Å². The summed E-state index contributed by atoms with van der Waals surface area (Å²) < 4.78 is 0. The highest BCUT2D eigenvalue weighted by Crippen LogP contribution is 2.43. The molecule has 0 spiro atoms. The molecule has 2 rings (SSSR count). The van der Waals surface area contributed by atoms with E-state index in [1.165, 1.54) is 48.6 Å². The number of benzene rings is 2. The molecule has 2 nitrogen and oxygen atoms in total. The van der Waals surface area contributed by atoms with E-state index in [2.05, 4.69) is 26.0 Å². The zero-order valence-electron chi connectivity index (χ0n) is 15.4. The molecule has 2 aromatic rings. The monoisotopic (exact) mass is 358 g/mol. The van der Waals surface area contributed by atoms with Gasteiger partial charge in [0.15, 0.2) is 0 Å². The molecule has 0 saturated carbocycles. The van der Waals surface area contributed by atoms with Crippen LogP contribution in [0, 0.1) is 0 Å². The highest BCUT2D eigenvalue weighted by atomic mass is 32.2. The minimum absolute atomic E-state index is 0.307. The lowest BCUT2D eigenvalue weighted by molar-refractivity contribution is 0.457. The third-order valence-electron chi connectivity index (χ3n) is 4.46. The molecule has 136 valence electrons. The van der Waals surface area contributed by atoms with Crippen molar-refractivity contribution >= 4 is 11.8 Å². The molecule has 0 amide bonds. The van der Waals surface area contributed by atoms with Crippen LogP contribution >= 0.6 is 11.8 Å². The van der Waals surface area contributed by atoms with Crippen molar-refractivity contribution in [2.45, 2.75) is 75.0 Å². The van der Waals surface area contributed by atoms with Crippen LogP contribution in [0.5, 0.6) is 11.5 Å². The van der Waals surface area contributed by atoms with Crippen molar-refractivity contribution in [1.82, 2.24) is 0 Å². The second kappa shape index (κ2) is 10.4. The van der Waals surface area contributed by atoms with E-state index in [0.717, 1.165) is 35.5 Å². The third-order valence-corrected chi connectivity index (χ3v) is 5.81. The summed E-state index contributed by atoms with van der Waals surface area (Å²) in [7, 11) is 0. The quantitative estimate of drug-likeness (QED) is 0.463. The maximum absolute atomic E-state index is 10.4. The molecule has 0 bridgehead atoms. The number of hydrogen-bond donors (Lipinski definition) is 2. The molecule has 0 atom stereocenters. The summed E-state index contributed by atoms with van der Waals surface area (Å²) in [5.74, 6) is 0.614. The normalized spacial score (nSPS) is 11.0. The first-order chi connectivity index (χ1) is 12.2. The average molecular weight is 359 g/mol. The first kappa shape index (κ1) is 19.7. The molecule has 0 fully saturated rings. The van der Waals surface area contributed by atoms with Crippen molar-refractivity contribution in [2.75, 3.05) is 0 Å². The predicted molar refractivity (Wildman–Crippen MR) is 107 cm³/mol. The van der Waals surface area contributed by atoms with Crippen LogP contribution in [0.4, 0.5) is 0 Å². The highest BCUT2D eigenvalue weighted by Gasteiger charge is 2.15. The second-order valence-corrected chi connectivity index (χ2v) is 7.57. The second-order valence-electron chi connectivity index (χ2n) is 6.55. The lowest BCUT2D eigenvalue weighted by Gasteiger charge is -2.15. The van der Waals surface area contributed by atoms with Gasteiger partial charge in [-0.3, -0.25) is 0 Å². The zero-order valence-corrected chi connectivity index (χ0v) is 16.2. The maximum atomic E-state index is 10.4. The van der Waals surface area contributed by atoms with Gasteiger partial charge in [0.05, 0.1) is 9.79 Å². The molecule has 0 heterocycles. The van der Waals surface area contributed by atoms with Gasteiger partial charge < -0.3 is 10.2 Å². The Hall–Kier alpha value is -1.61. The van der Waals surface area contributed by atoms with E-state index in [0.29, 0.717) is 11.5 Å². The number of aryl methyl sites for hydroxylation is 2. The van der Waals surface area contributed by atoms with Crippen molar-refractivity contribution in [3.05, 3.63) is 47.5 Å². The summed E-state index contributed by atoms with van der Waals surface area (Å²) in [6.45, 7) is 4.39. The van der Waals surface area contributed by atoms with Gasteiger partial charge in [0.2, 0.25) is 0 Å². The molecule has 0 saturated heterocycles. The molecule has 0 aliphatic heterocycles. The van der Waals surface area contributed by atoms with Gasteiger partial charge in [-0.25, -0.2) is 0 Å². The molecule has 25 heavy (non-hydrogen) atoms. The van der Waals surface area contributed by atoms with E-state index in [1.807, 2.05) is 12.1 Å². The van der Waals surface area contributed by atoms with Crippen LogP contribution in [0.15, 0.2) is 46.2 Å². The third kappa shape index (κ3) is 5.71. The fourth-order valence-electron chi connectivity index (χ4n) is 3.00. The van der Waals surface area contributed by atoms with Gasteiger partial charge in [-0.05, 0) is 48.9 Å². The zero-order chi connectivity index (χ0) is 18.1. The van der Waals surface area contributed by atoms with Gasteiger partial charge in [-0.15, -0.1) is 0 Å². The Morgan fingerprint density at radius 2 is 1.12 bits per heavy atom. The van der Waals surface area contributed by atoms with Crippen molar-refractivity contribution in [1.29, 1.82) is 0 Å². The number of unbranched alkanes of at least 4 members (excludes halogenated alkanes) is 4. The van der Waals surface area contributed by atoms with Gasteiger partial charge in [-0.2, -0.15) is 0 Å². The van der Waals surface area contributed by atoms with E-state index < -0.39 is 0 Å². The van der Waals surface area contributed by atoms with Crippen molar-refractivity contribution in [2.24, 2.45) is 0 Å².